The minimum Gasteiger partial charge on any atom is -0.348 e. The van der Waals surface area contributed by atoms with Crippen LogP contribution < -0.4 is 5.32 Å². The SMILES string of the molecule is CC(NC(=O)c1cc(-c2ccccc2)[nH]n1)C(Cc1ccc(Cl)cc1)c1ccc(Cl)cc1. The fourth-order valence-corrected chi connectivity index (χ4v) is 4.00. The Morgan fingerprint density at radius 2 is 1.56 bits per heavy atom. The van der Waals surface area contributed by atoms with Crippen LogP contribution in [0, 0.1) is 0 Å². The van der Waals surface area contributed by atoms with Crippen LogP contribution in [-0.4, -0.2) is 22.1 Å². The number of nitrogens with zero attached hydrogens (tertiary/aromatic N) is 1. The smallest absolute Gasteiger partial charge is 0.272 e. The van der Waals surface area contributed by atoms with Crippen molar-refractivity contribution in [3.05, 3.63) is 112 Å². The normalized spacial score (nSPS) is 12.8. The molecule has 2 N–H and O–H groups in total. The molecule has 0 aliphatic heterocycles. The van der Waals surface area contributed by atoms with Gasteiger partial charge >= 0.3 is 0 Å². The number of hydrogen-bond donors (Lipinski definition) is 2. The Morgan fingerprint density at radius 1 is 0.938 bits per heavy atom. The van der Waals surface area contributed by atoms with E-state index in [1.807, 2.05) is 85.8 Å². The van der Waals surface area contributed by atoms with E-state index >= 15 is 0 Å². The number of hydrogen-bond acceptors (Lipinski definition) is 2. The number of carbonyl (C=O) groups is 1. The Labute approximate surface area is 197 Å². The van der Waals surface area contributed by atoms with Crippen molar-refractivity contribution >= 4 is 29.1 Å². The summed E-state index contributed by atoms with van der Waals surface area (Å²) in [4.78, 5) is 13.0. The van der Waals surface area contributed by atoms with E-state index in [1.165, 1.54) is 0 Å². The van der Waals surface area contributed by atoms with Crippen LogP contribution in [0.5, 0.6) is 0 Å². The molecule has 0 radical (unpaired) electrons. The largest absolute Gasteiger partial charge is 0.348 e. The molecule has 0 bridgehead atoms. The third kappa shape index (κ3) is 5.39. The number of carbonyl (C=O) groups excluding carboxylic acids is 1. The number of nitrogens with one attached hydrogen (secondary N) is 2. The van der Waals surface area contributed by atoms with E-state index in [9.17, 15) is 4.79 Å². The maximum atomic E-state index is 13.0. The Bertz CT molecular complexity index is 1170. The fourth-order valence-electron chi connectivity index (χ4n) is 3.75. The molecule has 4 nitrogen and oxygen atoms in total. The van der Waals surface area contributed by atoms with Gasteiger partial charge in [0.1, 0.15) is 0 Å². The van der Waals surface area contributed by atoms with Crippen molar-refractivity contribution in [2.75, 3.05) is 0 Å². The molecule has 1 amide bonds. The molecule has 0 aliphatic carbocycles. The van der Waals surface area contributed by atoms with Crippen molar-refractivity contribution in [2.45, 2.75) is 25.3 Å². The van der Waals surface area contributed by atoms with Crippen LogP contribution >= 0.6 is 23.2 Å². The zero-order chi connectivity index (χ0) is 22.5. The van der Waals surface area contributed by atoms with Crippen molar-refractivity contribution in [3.63, 3.8) is 0 Å². The minimum atomic E-state index is -0.217. The third-order valence-corrected chi connectivity index (χ3v) is 6.03. The molecule has 0 spiro atoms. The molecule has 0 aliphatic rings. The predicted molar refractivity (Wildman–Crippen MR) is 130 cm³/mol. The summed E-state index contributed by atoms with van der Waals surface area (Å²) < 4.78 is 0. The van der Waals surface area contributed by atoms with Crippen LogP contribution in [0.25, 0.3) is 11.3 Å². The summed E-state index contributed by atoms with van der Waals surface area (Å²) in [6, 6.07) is 27.0. The Morgan fingerprint density at radius 3 is 2.22 bits per heavy atom. The molecular formula is C26H23Cl2N3O. The average Bonchev–Trinajstić information content (AvgIpc) is 3.30. The van der Waals surface area contributed by atoms with Gasteiger partial charge in [0.15, 0.2) is 5.69 Å². The first-order valence-electron chi connectivity index (χ1n) is 10.4. The standard InChI is InChI=1S/C26H23Cl2N3O/c1-17(29-26(32)25-16-24(30-31-25)20-5-3-2-4-6-20)23(19-9-13-22(28)14-10-19)15-18-7-11-21(27)12-8-18/h2-14,16-17,23H,15H2,1H3,(H,29,32)(H,30,31). The lowest BCUT2D eigenvalue weighted by Crippen LogP contribution is -2.38. The van der Waals surface area contributed by atoms with Gasteiger partial charge in [-0.1, -0.05) is 77.8 Å². The Hall–Kier alpha value is -3.08. The van der Waals surface area contributed by atoms with Gasteiger partial charge in [0.25, 0.3) is 5.91 Å². The summed E-state index contributed by atoms with van der Waals surface area (Å²) >= 11 is 12.1. The molecule has 0 fully saturated rings. The van der Waals surface area contributed by atoms with Crippen molar-refractivity contribution in [1.29, 1.82) is 0 Å². The number of aromatic amines is 1. The molecule has 6 heteroatoms. The van der Waals surface area contributed by atoms with Crippen LogP contribution in [0.2, 0.25) is 10.0 Å². The molecule has 1 aromatic heterocycles. The first-order valence-corrected chi connectivity index (χ1v) is 11.2. The summed E-state index contributed by atoms with van der Waals surface area (Å²) in [6.45, 7) is 2.01. The molecule has 2 unspecified atom stereocenters. The van der Waals surface area contributed by atoms with Crippen molar-refractivity contribution < 1.29 is 4.79 Å². The number of amides is 1. The highest BCUT2D eigenvalue weighted by Gasteiger charge is 2.23. The maximum Gasteiger partial charge on any atom is 0.272 e. The summed E-state index contributed by atoms with van der Waals surface area (Å²) in [6.07, 6.45) is 0.746. The molecule has 32 heavy (non-hydrogen) atoms. The molecule has 0 saturated carbocycles. The molecule has 2 atom stereocenters. The number of rotatable bonds is 7. The average molecular weight is 464 g/mol. The lowest BCUT2D eigenvalue weighted by atomic mass is 9.86. The molecule has 162 valence electrons. The van der Waals surface area contributed by atoms with Gasteiger partial charge in [0.2, 0.25) is 0 Å². The van der Waals surface area contributed by atoms with E-state index in [4.69, 9.17) is 23.2 Å². The zero-order valence-electron chi connectivity index (χ0n) is 17.6. The first kappa shape index (κ1) is 22.1. The van der Waals surface area contributed by atoms with Gasteiger partial charge in [-0.25, -0.2) is 0 Å². The monoisotopic (exact) mass is 463 g/mol. The Kier molecular flexibility index (Phi) is 6.93. The summed E-state index contributed by atoms with van der Waals surface area (Å²) in [5.74, 6) is -0.170. The summed E-state index contributed by atoms with van der Waals surface area (Å²) in [7, 11) is 0. The van der Waals surface area contributed by atoms with Gasteiger partial charge in [-0.2, -0.15) is 5.10 Å². The third-order valence-electron chi connectivity index (χ3n) is 5.52. The quantitative estimate of drug-likeness (QED) is 0.327. The summed E-state index contributed by atoms with van der Waals surface area (Å²) in [5.41, 5.74) is 4.38. The molecule has 0 saturated heterocycles. The van der Waals surface area contributed by atoms with E-state index in [2.05, 4.69) is 15.5 Å². The van der Waals surface area contributed by atoms with E-state index in [0.29, 0.717) is 15.7 Å². The molecule has 4 aromatic rings. The number of aromatic nitrogens is 2. The predicted octanol–water partition coefficient (Wildman–Crippen LogP) is 6.53. The highest BCUT2D eigenvalue weighted by atomic mass is 35.5. The van der Waals surface area contributed by atoms with Gasteiger partial charge in [0, 0.05) is 22.0 Å². The van der Waals surface area contributed by atoms with Crippen LogP contribution in [-0.2, 0) is 6.42 Å². The van der Waals surface area contributed by atoms with Gasteiger partial charge in [-0.3, -0.25) is 9.89 Å². The van der Waals surface area contributed by atoms with E-state index in [1.54, 1.807) is 6.07 Å². The second kappa shape index (κ2) is 10.0. The van der Waals surface area contributed by atoms with Gasteiger partial charge in [0.05, 0.1) is 5.69 Å². The molecule has 3 aromatic carbocycles. The van der Waals surface area contributed by atoms with Crippen molar-refractivity contribution in [2.24, 2.45) is 0 Å². The van der Waals surface area contributed by atoms with Crippen molar-refractivity contribution in [1.82, 2.24) is 15.5 Å². The van der Waals surface area contributed by atoms with Gasteiger partial charge in [-0.15, -0.1) is 0 Å². The highest BCUT2D eigenvalue weighted by molar-refractivity contribution is 6.30. The minimum absolute atomic E-state index is 0.0462. The van der Waals surface area contributed by atoms with E-state index in [0.717, 1.165) is 28.8 Å². The van der Waals surface area contributed by atoms with Crippen molar-refractivity contribution in [3.8, 4) is 11.3 Å². The maximum absolute atomic E-state index is 13.0. The lowest BCUT2D eigenvalue weighted by molar-refractivity contribution is 0.0929. The van der Waals surface area contributed by atoms with Crippen LogP contribution in [0.1, 0.15) is 34.5 Å². The van der Waals surface area contributed by atoms with Gasteiger partial charge in [-0.05, 0) is 60.4 Å². The zero-order valence-corrected chi connectivity index (χ0v) is 19.1. The van der Waals surface area contributed by atoms with Crippen LogP contribution in [0.15, 0.2) is 84.9 Å². The molecule has 1 heterocycles. The Balaban J connectivity index is 1.53. The topological polar surface area (TPSA) is 57.8 Å². The van der Waals surface area contributed by atoms with E-state index in [-0.39, 0.29) is 17.9 Å². The molecule has 4 rings (SSSR count). The fraction of sp³-hybridized carbons (Fsp3) is 0.154. The number of halogens is 2. The van der Waals surface area contributed by atoms with Crippen LogP contribution in [0.4, 0.5) is 0 Å². The number of benzene rings is 3. The summed E-state index contributed by atoms with van der Waals surface area (Å²) in [5, 5.41) is 11.7. The van der Waals surface area contributed by atoms with Gasteiger partial charge < -0.3 is 5.32 Å². The lowest BCUT2D eigenvalue weighted by Gasteiger charge is -2.25. The first-order chi connectivity index (χ1) is 15.5. The van der Waals surface area contributed by atoms with Crippen LogP contribution in [0.3, 0.4) is 0 Å². The molecular weight excluding hydrogens is 441 g/mol. The second-order valence-corrected chi connectivity index (χ2v) is 8.66. The highest BCUT2D eigenvalue weighted by Crippen LogP contribution is 2.27. The van der Waals surface area contributed by atoms with E-state index < -0.39 is 0 Å². The second-order valence-electron chi connectivity index (χ2n) is 7.78. The number of H-pyrrole nitrogens is 1.